The highest BCUT2D eigenvalue weighted by molar-refractivity contribution is 5.91. The van der Waals surface area contributed by atoms with Crippen molar-refractivity contribution in [1.82, 2.24) is 5.32 Å². The van der Waals surface area contributed by atoms with Crippen LogP contribution in [0.15, 0.2) is 30.3 Å². The molecule has 0 saturated heterocycles. The number of hydrogen-bond acceptors (Lipinski definition) is 4. The number of nitrogens with one attached hydrogen (secondary N) is 1. The van der Waals surface area contributed by atoms with Crippen LogP contribution in [0.2, 0.25) is 0 Å². The predicted octanol–water partition coefficient (Wildman–Crippen LogP) is 6.46. The molecule has 0 spiro atoms. The van der Waals surface area contributed by atoms with Crippen molar-refractivity contribution in [2.45, 2.75) is 104 Å². The van der Waals surface area contributed by atoms with E-state index in [1.165, 1.54) is 32.1 Å². The van der Waals surface area contributed by atoms with E-state index in [0.717, 1.165) is 56.4 Å². The third-order valence-electron chi connectivity index (χ3n) is 6.39. The number of unbranched alkanes of at least 4 members (excludes halogenated alkanes) is 5. The summed E-state index contributed by atoms with van der Waals surface area (Å²) in [6, 6.07) is 7.99. The van der Waals surface area contributed by atoms with E-state index in [1.54, 1.807) is 6.08 Å². The molecule has 1 aliphatic carbocycles. The molecule has 0 heterocycles. The van der Waals surface area contributed by atoms with Gasteiger partial charge in [0.2, 0.25) is 5.91 Å². The summed E-state index contributed by atoms with van der Waals surface area (Å²) in [5.74, 6) is 0.634. The number of carbonyl (C=O) groups excluding carboxylic acids is 2. The molecule has 1 N–H and O–H groups in total. The summed E-state index contributed by atoms with van der Waals surface area (Å²) >= 11 is 0. The van der Waals surface area contributed by atoms with Gasteiger partial charge in [0.15, 0.2) is 0 Å². The van der Waals surface area contributed by atoms with Gasteiger partial charge in [0, 0.05) is 12.1 Å². The standard InChI is InChI=1S/C28H43NO4/c1-4-6-7-8-9-10-21-32-25-16-11-23(12-17-25)13-20-27(30)29-24-14-18-26(19-15-24)33-28(31)22(3)5-2/h11-13,16-17,20,22,24,26H,4-10,14-15,18-19,21H2,1-3H3,(H,29,30)/b20-13+/t22?,24-,26-. The second kappa shape index (κ2) is 15.5. The normalized spacial score (nSPS) is 19.2. The van der Waals surface area contributed by atoms with Gasteiger partial charge in [0.05, 0.1) is 12.5 Å². The largest absolute Gasteiger partial charge is 0.494 e. The quantitative estimate of drug-likeness (QED) is 0.198. The van der Waals surface area contributed by atoms with E-state index in [9.17, 15) is 9.59 Å². The Bertz CT molecular complexity index is 720. The number of carbonyl (C=O) groups is 2. The lowest BCUT2D eigenvalue weighted by Crippen LogP contribution is -2.39. The maximum atomic E-state index is 12.3. The third-order valence-corrected chi connectivity index (χ3v) is 6.39. The van der Waals surface area contributed by atoms with Crippen molar-refractivity contribution >= 4 is 18.0 Å². The molecule has 1 fully saturated rings. The molecule has 33 heavy (non-hydrogen) atoms. The van der Waals surface area contributed by atoms with Gasteiger partial charge in [-0.05, 0) is 62.3 Å². The molecule has 1 aliphatic rings. The van der Waals surface area contributed by atoms with Crippen LogP contribution in [-0.2, 0) is 14.3 Å². The molecule has 1 saturated carbocycles. The van der Waals surface area contributed by atoms with E-state index in [1.807, 2.05) is 44.2 Å². The molecule has 1 aromatic carbocycles. The Morgan fingerprint density at radius 3 is 2.33 bits per heavy atom. The Hall–Kier alpha value is -2.30. The highest BCUT2D eigenvalue weighted by atomic mass is 16.5. The molecule has 5 heteroatoms. The van der Waals surface area contributed by atoms with Gasteiger partial charge in [-0.15, -0.1) is 0 Å². The lowest BCUT2D eigenvalue weighted by atomic mass is 9.92. The molecular weight excluding hydrogens is 414 g/mol. The SMILES string of the molecule is CCCCCCCCOc1ccc(/C=C/C(=O)N[C@H]2CC[C@H](OC(=O)C(C)CC)CC2)cc1. The van der Waals surface area contributed by atoms with Crippen LogP contribution in [0.25, 0.3) is 6.08 Å². The minimum absolute atomic E-state index is 0.0167. The number of ether oxygens (including phenoxy) is 2. The average Bonchev–Trinajstić information content (AvgIpc) is 2.83. The molecule has 1 unspecified atom stereocenters. The Labute approximate surface area is 200 Å². The molecule has 5 nitrogen and oxygen atoms in total. The van der Waals surface area contributed by atoms with Gasteiger partial charge in [-0.25, -0.2) is 0 Å². The van der Waals surface area contributed by atoms with Crippen LogP contribution in [0.5, 0.6) is 5.75 Å². The van der Waals surface area contributed by atoms with Crippen molar-refractivity contribution in [1.29, 1.82) is 0 Å². The summed E-state index contributed by atoms with van der Waals surface area (Å²) in [4.78, 5) is 24.2. The molecule has 0 aromatic heterocycles. The Morgan fingerprint density at radius 2 is 1.67 bits per heavy atom. The molecule has 2 rings (SSSR count). The first-order valence-electron chi connectivity index (χ1n) is 12.9. The first-order valence-corrected chi connectivity index (χ1v) is 12.9. The minimum Gasteiger partial charge on any atom is -0.494 e. The van der Waals surface area contributed by atoms with Gasteiger partial charge < -0.3 is 14.8 Å². The van der Waals surface area contributed by atoms with Crippen molar-refractivity contribution in [3.05, 3.63) is 35.9 Å². The van der Waals surface area contributed by atoms with Gasteiger partial charge in [-0.2, -0.15) is 0 Å². The zero-order valence-electron chi connectivity index (χ0n) is 20.8. The summed E-state index contributed by atoms with van der Waals surface area (Å²) in [7, 11) is 0. The van der Waals surface area contributed by atoms with Crippen LogP contribution in [0, 0.1) is 5.92 Å². The topological polar surface area (TPSA) is 64.6 Å². The van der Waals surface area contributed by atoms with Crippen LogP contribution in [-0.4, -0.2) is 30.6 Å². The Morgan fingerprint density at radius 1 is 1.00 bits per heavy atom. The maximum Gasteiger partial charge on any atom is 0.308 e. The van der Waals surface area contributed by atoms with Gasteiger partial charge in [0.25, 0.3) is 0 Å². The van der Waals surface area contributed by atoms with Crippen LogP contribution >= 0.6 is 0 Å². The first-order chi connectivity index (χ1) is 16.0. The number of esters is 1. The second-order valence-corrected chi connectivity index (χ2v) is 9.25. The Balaban J connectivity index is 1.63. The third kappa shape index (κ3) is 10.9. The molecule has 1 atom stereocenters. The van der Waals surface area contributed by atoms with Gasteiger partial charge in [0.1, 0.15) is 11.9 Å². The monoisotopic (exact) mass is 457 g/mol. The van der Waals surface area contributed by atoms with Crippen LogP contribution in [0.3, 0.4) is 0 Å². The van der Waals surface area contributed by atoms with Gasteiger partial charge >= 0.3 is 5.97 Å². The van der Waals surface area contributed by atoms with Crippen molar-refractivity contribution in [3.8, 4) is 5.75 Å². The molecule has 184 valence electrons. The average molecular weight is 458 g/mol. The first kappa shape index (κ1) is 26.9. The number of benzene rings is 1. The fourth-order valence-corrected chi connectivity index (χ4v) is 3.94. The molecule has 0 radical (unpaired) electrons. The van der Waals surface area contributed by atoms with Crippen LogP contribution < -0.4 is 10.1 Å². The fraction of sp³-hybridized carbons (Fsp3) is 0.643. The zero-order chi connectivity index (χ0) is 23.9. The van der Waals surface area contributed by atoms with E-state index in [4.69, 9.17) is 9.47 Å². The highest BCUT2D eigenvalue weighted by Gasteiger charge is 2.25. The molecular formula is C28H43NO4. The van der Waals surface area contributed by atoms with E-state index in [0.29, 0.717) is 0 Å². The predicted molar refractivity (Wildman–Crippen MR) is 134 cm³/mol. The number of rotatable bonds is 14. The fourth-order valence-electron chi connectivity index (χ4n) is 3.94. The van der Waals surface area contributed by atoms with Gasteiger partial charge in [-0.1, -0.05) is 65.0 Å². The molecule has 0 bridgehead atoms. The van der Waals surface area contributed by atoms with Crippen molar-refractivity contribution in [2.24, 2.45) is 5.92 Å². The number of amides is 1. The minimum atomic E-state index is -0.105. The summed E-state index contributed by atoms with van der Waals surface area (Å²) in [5.41, 5.74) is 0.970. The van der Waals surface area contributed by atoms with Crippen molar-refractivity contribution < 1.29 is 19.1 Å². The van der Waals surface area contributed by atoms with E-state index >= 15 is 0 Å². The summed E-state index contributed by atoms with van der Waals surface area (Å²) < 4.78 is 11.4. The molecule has 0 aliphatic heterocycles. The van der Waals surface area contributed by atoms with E-state index in [2.05, 4.69) is 12.2 Å². The summed E-state index contributed by atoms with van der Waals surface area (Å²) in [5, 5.41) is 3.07. The van der Waals surface area contributed by atoms with Crippen molar-refractivity contribution in [3.63, 3.8) is 0 Å². The lowest BCUT2D eigenvalue weighted by Gasteiger charge is -2.29. The van der Waals surface area contributed by atoms with Crippen LogP contribution in [0.4, 0.5) is 0 Å². The molecule has 1 amide bonds. The van der Waals surface area contributed by atoms with Crippen LogP contribution in [0.1, 0.15) is 97.0 Å². The summed E-state index contributed by atoms with van der Waals surface area (Å²) in [6.07, 6.45) is 15.0. The summed E-state index contributed by atoms with van der Waals surface area (Å²) in [6.45, 7) is 6.88. The maximum absolute atomic E-state index is 12.3. The smallest absolute Gasteiger partial charge is 0.308 e. The second-order valence-electron chi connectivity index (χ2n) is 9.25. The highest BCUT2D eigenvalue weighted by Crippen LogP contribution is 2.23. The molecule has 1 aromatic rings. The van der Waals surface area contributed by atoms with Gasteiger partial charge in [-0.3, -0.25) is 9.59 Å². The van der Waals surface area contributed by atoms with E-state index in [-0.39, 0.29) is 29.9 Å². The van der Waals surface area contributed by atoms with E-state index < -0.39 is 0 Å². The zero-order valence-corrected chi connectivity index (χ0v) is 20.8. The van der Waals surface area contributed by atoms with Crippen molar-refractivity contribution in [2.75, 3.05) is 6.61 Å². The number of hydrogen-bond donors (Lipinski definition) is 1. The Kier molecular flexibility index (Phi) is 12.7. The lowest BCUT2D eigenvalue weighted by molar-refractivity contribution is -0.155.